The second-order valence-electron chi connectivity index (χ2n) is 6.35. The fourth-order valence-electron chi connectivity index (χ4n) is 2.66. The van der Waals surface area contributed by atoms with Gasteiger partial charge in [0.15, 0.2) is 0 Å². The Morgan fingerprint density at radius 2 is 2.14 bits per heavy atom. The molecule has 21 heavy (non-hydrogen) atoms. The van der Waals surface area contributed by atoms with Gasteiger partial charge in [0.2, 0.25) is 0 Å². The van der Waals surface area contributed by atoms with Gasteiger partial charge in [0.05, 0.1) is 18.0 Å². The van der Waals surface area contributed by atoms with Crippen LogP contribution in [0.5, 0.6) is 0 Å². The van der Waals surface area contributed by atoms with Crippen molar-refractivity contribution >= 4 is 17.3 Å². The third kappa shape index (κ3) is 3.69. The molecule has 1 aliphatic rings. The molecule has 116 valence electrons. The number of rotatable bonds is 5. The lowest BCUT2D eigenvalue weighted by atomic mass is 9.98. The average molecular weight is 290 g/mol. The van der Waals surface area contributed by atoms with E-state index in [1.165, 1.54) is 0 Å². The van der Waals surface area contributed by atoms with E-state index in [0.29, 0.717) is 6.61 Å². The number of fused-ring (bicyclic) bond motifs is 1. The standard InChI is InChI=1S/C17H26N2O2/c1-5-6-11-21-16(20)13(2)19-12-17(3,4)18-14-9-7-8-10-15(14)19/h7-10,13,18H,5-6,11-12H2,1-4H3. The number of carbonyl (C=O) groups excluding carboxylic acids is 1. The van der Waals surface area contributed by atoms with Crippen LogP contribution in [-0.2, 0) is 9.53 Å². The molecule has 1 unspecified atom stereocenters. The summed E-state index contributed by atoms with van der Waals surface area (Å²) in [5, 5.41) is 3.52. The van der Waals surface area contributed by atoms with Gasteiger partial charge in [0.1, 0.15) is 6.04 Å². The Bertz CT molecular complexity index is 499. The molecular weight excluding hydrogens is 264 g/mol. The number of hydrogen-bond donors (Lipinski definition) is 1. The van der Waals surface area contributed by atoms with Gasteiger partial charge in [-0.25, -0.2) is 4.79 Å². The number of esters is 1. The molecule has 0 aliphatic carbocycles. The van der Waals surface area contributed by atoms with Crippen LogP contribution in [-0.4, -0.2) is 30.7 Å². The van der Waals surface area contributed by atoms with Crippen LogP contribution in [0.15, 0.2) is 24.3 Å². The fraction of sp³-hybridized carbons (Fsp3) is 0.588. The molecular formula is C17H26N2O2. The number of para-hydroxylation sites is 2. The van der Waals surface area contributed by atoms with Crippen molar-refractivity contribution in [2.45, 2.75) is 52.1 Å². The van der Waals surface area contributed by atoms with E-state index in [1.807, 2.05) is 25.1 Å². The van der Waals surface area contributed by atoms with E-state index in [-0.39, 0.29) is 17.6 Å². The van der Waals surface area contributed by atoms with Crippen molar-refractivity contribution in [3.8, 4) is 0 Å². The van der Waals surface area contributed by atoms with Gasteiger partial charge in [-0.1, -0.05) is 25.5 Å². The van der Waals surface area contributed by atoms with Gasteiger partial charge < -0.3 is 15.0 Å². The molecule has 1 aromatic carbocycles. The van der Waals surface area contributed by atoms with Crippen molar-refractivity contribution < 1.29 is 9.53 Å². The first-order valence-corrected chi connectivity index (χ1v) is 7.75. The molecule has 0 radical (unpaired) electrons. The van der Waals surface area contributed by atoms with Crippen LogP contribution in [0.1, 0.15) is 40.5 Å². The van der Waals surface area contributed by atoms with E-state index in [2.05, 4.69) is 37.1 Å². The van der Waals surface area contributed by atoms with Crippen LogP contribution in [0.3, 0.4) is 0 Å². The van der Waals surface area contributed by atoms with Crippen LogP contribution in [0, 0.1) is 0 Å². The smallest absolute Gasteiger partial charge is 0.328 e. The minimum Gasteiger partial charge on any atom is -0.464 e. The van der Waals surface area contributed by atoms with Crippen molar-refractivity contribution in [2.24, 2.45) is 0 Å². The van der Waals surface area contributed by atoms with E-state index in [0.717, 1.165) is 30.8 Å². The first-order chi connectivity index (χ1) is 9.94. The van der Waals surface area contributed by atoms with Crippen LogP contribution < -0.4 is 10.2 Å². The van der Waals surface area contributed by atoms with Gasteiger partial charge in [0, 0.05) is 12.1 Å². The maximum atomic E-state index is 12.3. The lowest BCUT2D eigenvalue weighted by Crippen LogP contribution is -2.53. The van der Waals surface area contributed by atoms with Crippen LogP contribution in [0.4, 0.5) is 11.4 Å². The zero-order valence-electron chi connectivity index (χ0n) is 13.5. The summed E-state index contributed by atoms with van der Waals surface area (Å²) in [6.07, 6.45) is 1.95. The van der Waals surface area contributed by atoms with Crippen LogP contribution in [0.2, 0.25) is 0 Å². The quantitative estimate of drug-likeness (QED) is 0.666. The second-order valence-corrected chi connectivity index (χ2v) is 6.35. The molecule has 4 heteroatoms. The van der Waals surface area contributed by atoms with Crippen molar-refractivity contribution in [3.05, 3.63) is 24.3 Å². The minimum absolute atomic E-state index is 0.0771. The van der Waals surface area contributed by atoms with Gasteiger partial charge in [-0.2, -0.15) is 0 Å². The maximum absolute atomic E-state index is 12.3. The summed E-state index contributed by atoms with van der Waals surface area (Å²) in [6.45, 7) is 9.58. The highest BCUT2D eigenvalue weighted by atomic mass is 16.5. The molecule has 1 aromatic rings. The van der Waals surface area contributed by atoms with Gasteiger partial charge in [-0.3, -0.25) is 0 Å². The summed E-state index contributed by atoms with van der Waals surface area (Å²) >= 11 is 0. The molecule has 4 nitrogen and oxygen atoms in total. The monoisotopic (exact) mass is 290 g/mol. The molecule has 0 bridgehead atoms. The maximum Gasteiger partial charge on any atom is 0.328 e. The minimum atomic E-state index is -0.274. The Morgan fingerprint density at radius 3 is 2.86 bits per heavy atom. The average Bonchev–Trinajstić information content (AvgIpc) is 2.44. The highest BCUT2D eigenvalue weighted by molar-refractivity contribution is 5.84. The Kier molecular flexibility index (Phi) is 4.76. The third-order valence-corrected chi connectivity index (χ3v) is 3.80. The largest absolute Gasteiger partial charge is 0.464 e. The predicted octanol–water partition coefficient (Wildman–Crippen LogP) is 3.43. The van der Waals surface area contributed by atoms with E-state index in [1.54, 1.807) is 0 Å². The third-order valence-electron chi connectivity index (χ3n) is 3.80. The number of nitrogens with zero attached hydrogens (tertiary/aromatic N) is 1. The Hall–Kier alpha value is -1.71. The molecule has 0 aromatic heterocycles. The highest BCUT2D eigenvalue weighted by Gasteiger charge is 2.34. The molecule has 0 amide bonds. The summed E-state index contributed by atoms with van der Waals surface area (Å²) in [5.74, 6) is -0.143. The number of carbonyl (C=O) groups is 1. The van der Waals surface area contributed by atoms with Gasteiger partial charge in [0.25, 0.3) is 0 Å². The molecule has 1 heterocycles. The number of anilines is 2. The molecule has 1 atom stereocenters. The molecule has 0 spiro atoms. The molecule has 0 saturated carbocycles. The normalized spacial score (nSPS) is 17.6. The van der Waals surface area contributed by atoms with Crippen molar-refractivity contribution in [1.82, 2.24) is 0 Å². The van der Waals surface area contributed by atoms with Crippen molar-refractivity contribution in [3.63, 3.8) is 0 Å². The topological polar surface area (TPSA) is 41.6 Å². The summed E-state index contributed by atoms with van der Waals surface area (Å²) in [5.41, 5.74) is 2.06. The summed E-state index contributed by atoms with van der Waals surface area (Å²) in [4.78, 5) is 14.4. The van der Waals surface area contributed by atoms with Crippen molar-refractivity contribution in [2.75, 3.05) is 23.4 Å². The number of benzene rings is 1. The van der Waals surface area contributed by atoms with Gasteiger partial charge in [-0.05, 0) is 39.3 Å². The molecule has 0 saturated heterocycles. The van der Waals surface area contributed by atoms with E-state index in [9.17, 15) is 4.79 Å². The van der Waals surface area contributed by atoms with Gasteiger partial charge in [-0.15, -0.1) is 0 Å². The Balaban J connectivity index is 2.16. The van der Waals surface area contributed by atoms with E-state index >= 15 is 0 Å². The number of ether oxygens (including phenoxy) is 1. The lowest BCUT2D eigenvalue weighted by Gasteiger charge is -2.44. The molecule has 1 aliphatic heterocycles. The lowest BCUT2D eigenvalue weighted by molar-refractivity contribution is -0.145. The summed E-state index contributed by atoms with van der Waals surface area (Å²) in [7, 11) is 0. The Labute approximate surface area is 127 Å². The summed E-state index contributed by atoms with van der Waals surface area (Å²) < 4.78 is 5.38. The first kappa shape index (κ1) is 15.7. The Morgan fingerprint density at radius 1 is 1.43 bits per heavy atom. The number of nitrogens with one attached hydrogen (secondary N) is 1. The molecule has 2 rings (SSSR count). The highest BCUT2D eigenvalue weighted by Crippen LogP contribution is 2.35. The van der Waals surface area contributed by atoms with Crippen LogP contribution >= 0.6 is 0 Å². The molecule has 1 N–H and O–H groups in total. The number of unbranched alkanes of at least 4 members (excludes halogenated alkanes) is 1. The van der Waals surface area contributed by atoms with E-state index in [4.69, 9.17) is 4.74 Å². The predicted molar refractivity (Wildman–Crippen MR) is 86.8 cm³/mol. The molecule has 0 fully saturated rings. The first-order valence-electron chi connectivity index (χ1n) is 7.75. The fourth-order valence-corrected chi connectivity index (χ4v) is 2.66. The second kappa shape index (κ2) is 6.37. The summed E-state index contributed by atoms with van der Waals surface area (Å²) in [6, 6.07) is 7.84. The number of hydrogen-bond acceptors (Lipinski definition) is 4. The van der Waals surface area contributed by atoms with Gasteiger partial charge >= 0.3 is 5.97 Å². The van der Waals surface area contributed by atoms with E-state index < -0.39 is 0 Å². The zero-order chi connectivity index (χ0) is 15.5. The van der Waals surface area contributed by atoms with Crippen LogP contribution in [0.25, 0.3) is 0 Å². The van der Waals surface area contributed by atoms with Crippen molar-refractivity contribution in [1.29, 1.82) is 0 Å². The SMILES string of the molecule is CCCCOC(=O)C(C)N1CC(C)(C)Nc2ccccc21. The zero-order valence-corrected chi connectivity index (χ0v) is 13.5.